The van der Waals surface area contributed by atoms with Crippen LogP contribution in [0.4, 0.5) is 0 Å². The minimum atomic E-state index is -0.795. The van der Waals surface area contributed by atoms with Gasteiger partial charge in [0.15, 0.2) is 5.79 Å². The Morgan fingerprint density at radius 1 is 1.42 bits per heavy atom. The molecule has 5 heteroatoms. The summed E-state index contributed by atoms with van der Waals surface area (Å²) >= 11 is 0. The maximum atomic E-state index is 12.2. The van der Waals surface area contributed by atoms with Gasteiger partial charge in [-0.05, 0) is 20.8 Å². The minimum Gasteiger partial charge on any atom is -0.466 e. The SMILES string of the molecule is CCOC(=O)C(C)(C)C1CC(=O)CCC12OCCO2. The fraction of sp³-hybridized carbons (Fsp3) is 0.857. The van der Waals surface area contributed by atoms with Gasteiger partial charge in [-0.15, -0.1) is 0 Å². The van der Waals surface area contributed by atoms with E-state index in [0.717, 1.165) is 0 Å². The zero-order valence-corrected chi connectivity index (χ0v) is 11.9. The summed E-state index contributed by atoms with van der Waals surface area (Å²) in [5.41, 5.74) is -0.795. The first kappa shape index (κ1) is 14.5. The van der Waals surface area contributed by atoms with Gasteiger partial charge in [0, 0.05) is 25.2 Å². The van der Waals surface area contributed by atoms with Crippen LogP contribution in [0.3, 0.4) is 0 Å². The zero-order valence-electron chi connectivity index (χ0n) is 11.9. The first-order valence-corrected chi connectivity index (χ1v) is 6.89. The van der Waals surface area contributed by atoms with Gasteiger partial charge in [0.05, 0.1) is 25.2 Å². The molecule has 1 spiro atoms. The van der Waals surface area contributed by atoms with Crippen LogP contribution in [0.1, 0.15) is 40.0 Å². The van der Waals surface area contributed by atoms with Crippen molar-refractivity contribution in [1.29, 1.82) is 0 Å². The normalized spacial score (nSPS) is 26.7. The zero-order chi connectivity index (χ0) is 14.1. The van der Waals surface area contributed by atoms with E-state index in [1.165, 1.54) is 0 Å². The molecular formula is C14H22O5. The third kappa shape index (κ3) is 2.54. The lowest BCUT2D eigenvalue weighted by Gasteiger charge is -2.45. The van der Waals surface area contributed by atoms with E-state index in [0.29, 0.717) is 39.1 Å². The molecule has 1 aliphatic heterocycles. The lowest BCUT2D eigenvalue weighted by molar-refractivity contribution is -0.236. The van der Waals surface area contributed by atoms with Crippen LogP contribution in [-0.4, -0.2) is 37.4 Å². The summed E-state index contributed by atoms with van der Waals surface area (Å²) < 4.78 is 16.7. The lowest BCUT2D eigenvalue weighted by Crippen LogP contribution is -2.53. The Bertz CT molecular complexity index is 368. The number of hydrogen-bond donors (Lipinski definition) is 0. The van der Waals surface area contributed by atoms with Crippen LogP contribution in [0.2, 0.25) is 0 Å². The highest BCUT2D eigenvalue weighted by Gasteiger charge is 2.56. The molecular weight excluding hydrogens is 248 g/mol. The molecule has 1 atom stereocenters. The largest absolute Gasteiger partial charge is 0.466 e. The van der Waals surface area contributed by atoms with Gasteiger partial charge in [0.2, 0.25) is 0 Å². The highest BCUT2D eigenvalue weighted by Crippen LogP contribution is 2.48. The van der Waals surface area contributed by atoms with E-state index in [1.807, 2.05) is 0 Å². The van der Waals surface area contributed by atoms with Crippen LogP contribution in [0.25, 0.3) is 0 Å². The number of esters is 1. The third-order valence-electron chi connectivity index (χ3n) is 4.16. The second-order valence-corrected chi connectivity index (χ2v) is 5.75. The Morgan fingerprint density at radius 2 is 2.05 bits per heavy atom. The summed E-state index contributed by atoms with van der Waals surface area (Å²) in [6, 6.07) is 0. The smallest absolute Gasteiger partial charge is 0.311 e. The number of rotatable bonds is 3. The van der Waals surface area contributed by atoms with Crippen LogP contribution in [0, 0.1) is 11.3 Å². The van der Waals surface area contributed by atoms with Gasteiger partial charge in [0.25, 0.3) is 0 Å². The van der Waals surface area contributed by atoms with Crippen LogP contribution < -0.4 is 0 Å². The fourth-order valence-electron chi connectivity index (χ4n) is 3.05. The predicted octanol–water partition coefficient (Wildman–Crippen LogP) is 1.69. The molecule has 1 saturated heterocycles. The molecule has 2 aliphatic rings. The molecule has 1 aliphatic carbocycles. The molecule has 0 bridgehead atoms. The van der Waals surface area contributed by atoms with E-state index in [4.69, 9.17) is 14.2 Å². The summed E-state index contributed by atoms with van der Waals surface area (Å²) in [5.74, 6) is -1.22. The van der Waals surface area contributed by atoms with Gasteiger partial charge >= 0.3 is 5.97 Å². The summed E-state index contributed by atoms with van der Waals surface area (Å²) in [6.45, 7) is 6.76. The van der Waals surface area contributed by atoms with Crippen molar-refractivity contribution in [3.8, 4) is 0 Å². The number of ketones is 1. The molecule has 0 aromatic carbocycles. The van der Waals surface area contributed by atoms with E-state index in [2.05, 4.69) is 0 Å². The van der Waals surface area contributed by atoms with Crippen molar-refractivity contribution in [2.45, 2.75) is 45.8 Å². The monoisotopic (exact) mass is 270 g/mol. The van der Waals surface area contributed by atoms with Crippen molar-refractivity contribution in [3.05, 3.63) is 0 Å². The van der Waals surface area contributed by atoms with E-state index >= 15 is 0 Å². The minimum absolute atomic E-state index is 0.159. The van der Waals surface area contributed by atoms with Crippen LogP contribution in [-0.2, 0) is 23.8 Å². The molecule has 19 heavy (non-hydrogen) atoms. The van der Waals surface area contributed by atoms with Gasteiger partial charge < -0.3 is 14.2 Å². The Morgan fingerprint density at radius 3 is 2.63 bits per heavy atom. The first-order valence-electron chi connectivity index (χ1n) is 6.89. The van der Waals surface area contributed by atoms with Crippen LogP contribution in [0.15, 0.2) is 0 Å². The molecule has 0 N–H and O–H groups in total. The van der Waals surface area contributed by atoms with E-state index in [1.54, 1.807) is 20.8 Å². The molecule has 2 fully saturated rings. The summed E-state index contributed by atoms with van der Waals surface area (Å²) in [5, 5.41) is 0. The average molecular weight is 270 g/mol. The standard InChI is InChI=1S/C14H22O5/c1-4-17-12(16)13(2,3)11-9-10(15)5-6-14(11)18-7-8-19-14/h11H,4-9H2,1-3H3. The molecule has 0 aromatic heterocycles. The number of carbonyl (C=O) groups excluding carboxylic acids is 2. The molecule has 2 rings (SSSR count). The third-order valence-corrected chi connectivity index (χ3v) is 4.16. The molecule has 0 radical (unpaired) electrons. The topological polar surface area (TPSA) is 61.8 Å². The maximum Gasteiger partial charge on any atom is 0.311 e. The van der Waals surface area contributed by atoms with Gasteiger partial charge in [-0.25, -0.2) is 0 Å². The highest BCUT2D eigenvalue weighted by molar-refractivity contribution is 5.82. The molecule has 108 valence electrons. The van der Waals surface area contributed by atoms with Crippen LogP contribution >= 0.6 is 0 Å². The first-order chi connectivity index (χ1) is 8.92. The van der Waals surface area contributed by atoms with Gasteiger partial charge in [0.1, 0.15) is 5.78 Å². The van der Waals surface area contributed by atoms with Crippen molar-refractivity contribution in [1.82, 2.24) is 0 Å². The highest BCUT2D eigenvalue weighted by atomic mass is 16.7. The molecule has 0 amide bonds. The number of hydrogen-bond acceptors (Lipinski definition) is 5. The predicted molar refractivity (Wildman–Crippen MR) is 67.4 cm³/mol. The van der Waals surface area contributed by atoms with Gasteiger partial charge in [-0.2, -0.15) is 0 Å². The summed E-state index contributed by atoms with van der Waals surface area (Å²) in [6.07, 6.45) is 1.29. The van der Waals surface area contributed by atoms with Crippen molar-refractivity contribution < 1.29 is 23.8 Å². The van der Waals surface area contributed by atoms with Crippen molar-refractivity contribution in [2.75, 3.05) is 19.8 Å². The van der Waals surface area contributed by atoms with Gasteiger partial charge in [-0.3, -0.25) is 9.59 Å². The molecule has 1 heterocycles. The Labute approximate surface area is 113 Å². The quantitative estimate of drug-likeness (QED) is 0.730. The Kier molecular flexibility index (Phi) is 3.97. The van der Waals surface area contributed by atoms with E-state index < -0.39 is 11.2 Å². The molecule has 1 unspecified atom stereocenters. The Hall–Kier alpha value is -0.940. The maximum absolute atomic E-state index is 12.2. The Balaban J connectivity index is 2.26. The van der Waals surface area contributed by atoms with Crippen molar-refractivity contribution >= 4 is 11.8 Å². The van der Waals surface area contributed by atoms with Crippen LogP contribution in [0.5, 0.6) is 0 Å². The summed E-state index contributed by atoms with van der Waals surface area (Å²) in [4.78, 5) is 23.9. The molecule has 5 nitrogen and oxygen atoms in total. The second kappa shape index (κ2) is 5.21. The summed E-state index contributed by atoms with van der Waals surface area (Å²) in [7, 11) is 0. The molecule has 0 aromatic rings. The number of Topliss-reactive ketones (excluding diaryl/α,β-unsaturated/α-hetero) is 1. The van der Waals surface area contributed by atoms with Crippen molar-refractivity contribution in [2.24, 2.45) is 11.3 Å². The number of carbonyl (C=O) groups is 2. The van der Waals surface area contributed by atoms with E-state index in [9.17, 15) is 9.59 Å². The average Bonchev–Trinajstić information content (AvgIpc) is 2.82. The number of ether oxygens (including phenoxy) is 3. The molecule has 1 saturated carbocycles. The van der Waals surface area contributed by atoms with Crippen molar-refractivity contribution in [3.63, 3.8) is 0 Å². The second-order valence-electron chi connectivity index (χ2n) is 5.75. The fourth-order valence-corrected chi connectivity index (χ4v) is 3.05. The van der Waals surface area contributed by atoms with Gasteiger partial charge in [-0.1, -0.05) is 0 Å². The van der Waals surface area contributed by atoms with E-state index in [-0.39, 0.29) is 17.7 Å². The lowest BCUT2D eigenvalue weighted by atomic mass is 9.67.